The van der Waals surface area contributed by atoms with Crippen LogP contribution in [0.15, 0.2) is 41.4 Å². The zero-order valence-corrected chi connectivity index (χ0v) is 15.7. The van der Waals surface area contributed by atoms with Crippen molar-refractivity contribution in [1.82, 2.24) is 20.3 Å². The van der Waals surface area contributed by atoms with Crippen LogP contribution in [0.1, 0.15) is 31.5 Å². The van der Waals surface area contributed by atoms with Crippen LogP contribution in [0.4, 0.5) is 0 Å². The molecule has 0 saturated carbocycles. The maximum absolute atomic E-state index is 11.6. The van der Waals surface area contributed by atoms with Crippen molar-refractivity contribution in [3.63, 3.8) is 0 Å². The van der Waals surface area contributed by atoms with Crippen molar-refractivity contribution in [3.8, 4) is 11.3 Å². The number of benzene rings is 1. The van der Waals surface area contributed by atoms with Gasteiger partial charge in [0.2, 0.25) is 0 Å². The van der Waals surface area contributed by atoms with E-state index in [1.165, 1.54) is 6.26 Å². The Hall–Kier alpha value is -2.25. The molecule has 1 aliphatic heterocycles. The molecule has 1 fully saturated rings. The maximum Gasteiger partial charge on any atom is 0.175 e. The number of nitrogens with one attached hydrogen (secondary N) is 2. The van der Waals surface area contributed by atoms with Gasteiger partial charge in [-0.2, -0.15) is 0 Å². The van der Waals surface area contributed by atoms with Crippen molar-refractivity contribution < 1.29 is 8.42 Å². The van der Waals surface area contributed by atoms with Crippen molar-refractivity contribution in [1.29, 1.82) is 0 Å². The van der Waals surface area contributed by atoms with Gasteiger partial charge in [0.25, 0.3) is 0 Å². The van der Waals surface area contributed by atoms with Gasteiger partial charge in [0, 0.05) is 23.9 Å². The first kappa shape index (κ1) is 17.2. The molecule has 1 saturated heterocycles. The average molecular weight is 370 g/mol. The Morgan fingerprint density at radius 2 is 1.96 bits per heavy atom. The molecule has 4 rings (SSSR count). The monoisotopic (exact) mass is 370 g/mol. The number of H-pyrrole nitrogens is 1. The van der Waals surface area contributed by atoms with E-state index < -0.39 is 9.84 Å². The highest BCUT2D eigenvalue weighted by Gasteiger charge is 2.22. The molecule has 0 spiro atoms. The standard InChI is InChI=1S/C19H22N4O2S/c1-12-9-14(7-8-20-12)19-21-11-18-17(23-19)10-16(22-18)13-3-5-15(6-4-13)26(2,24)25/h3-6,10-12,14,20,22H,7-9H2,1-2H3. The predicted molar refractivity (Wildman–Crippen MR) is 102 cm³/mol. The van der Waals surface area contributed by atoms with Gasteiger partial charge in [0.15, 0.2) is 9.84 Å². The third-order valence-electron chi connectivity index (χ3n) is 4.97. The molecule has 136 valence electrons. The quantitative estimate of drug-likeness (QED) is 0.740. The molecule has 0 bridgehead atoms. The second kappa shape index (κ2) is 6.48. The number of aromatic amines is 1. The van der Waals surface area contributed by atoms with Gasteiger partial charge in [-0.15, -0.1) is 0 Å². The molecule has 0 aliphatic carbocycles. The number of fused-ring (bicyclic) bond motifs is 1. The molecule has 0 amide bonds. The van der Waals surface area contributed by atoms with Crippen LogP contribution < -0.4 is 5.32 Å². The highest BCUT2D eigenvalue weighted by molar-refractivity contribution is 7.90. The van der Waals surface area contributed by atoms with Gasteiger partial charge in [-0.25, -0.2) is 18.4 Å². The van der Waals surface area contributed by atoms with Gasteiger partial charge >= 0.3 is 0 Å². The van der Waals surface area contributed by atoms with Crippen molar-refractivity contribution in [3.05, 3.63) is 42.4 Å². The van der Waals surface area contributed by atoms with Crippen LogP contribution in [0.2, 0.25) is 0 Å². The first-order chi connectivity index (χ1) is 12.4. The topological polar surface area (TPSA) is 87.7 Å². The molecule has 2 aromatic heterocycles. The van der Waals surface area contributed by atoms with Gasteiger partial charge < -0.3 is 10.3 Å². The van der Waals surface area contributed by atoms with Crippen LogP contribution in [0.5, 0.6) is 0 Å². The van der Waals surface area contributed by atoms with Crippen molar-refractivity contribution in [2.45, 2.75) is 36.6 Å². The van der Waals surface area contributed by atoms with E-state index in [0.29, 0.717) is 16.9 Å². The Kier molecular flexibility index (Phi) is 4.28. The van der Waals surface area contributed by atoms with Crippen molar-refractivity contribution in [2.24, 2.45) is 0 Å². The van der Waals surface area contributed by atoms with Crippen LogP contribution in [-0.2, 0) is 9.84 Å². The summed E-state index contributed by atoms with van der Waals surface area (Å²) >= 11 is 0. The SMILES string of the molecule is CC1CC(c2ncc3[nH]c(-c4ccc(S(C)(=O)=O)cc4)cc3n2)CCN1. The van der Waals surface area contributed by atoms with Gasteiger partial charge in [-0.1, -0.05) is 12.1 Å². The number of piperidine rings is 1. The molecule has 0 radical (unpaired) electrons. The smallest absolute Gasteiger partial charge is 0.175 e. The Morgan fingerprint density at radius 3 is 2.65 bits per heavy atom. The van der Waals surface area contributed by atoms with Crippen molar-refractivity contribution in [2.75, 3.05) is 12.8 Å². The molecule has 2 atom stereocenters. The van der Waals surface area contributed by atoms with Crippen LogP contribution in [0, 0.1) is 0 Å². The van der Waals surface area contributed by atoms with E-state index in [1.807, 2.05) is 24.4 Å². The van der Waals surface area contributed by atoms with Gasteiger partial charge in [0.05, 0.1) is 22.1 Å². The van der Waals surface area contributed by atoms with E-state index in [0.717, 1.165) is 47.5 Å². The first-order valence-electron chi connectivity index (χ1n) is 8.80. The molecule has 3 aromatic rings. The Morgan fingerprint density at radius 1 is 1.19 bits per heavy atom. The van der Waals surface area contributed by atoms with Crippen LogP contribution in [0.25, 0.3) is 22.3 Å². The van der Waals surface area contributed by atoms with E-state index in [4.69, 9.17) is 4.98 Å². The third-order valence-corrected chi connectivity index (χ3v) is 6.10. The predicted octanol–water partition coefficient (Wildman–Crippen LogP) is 2.88. The number of hydrogen-bond acceptors (Lipinski definition) is 5. The van der Waals surface area contributed by atoms with Crippen molar-refractivity contribution >= 4 is 20.9 Å². The number of nitrogens with zero attached hydrogens (tertiary/aromatic N) is 2. The summed E-state index contributed by atoms with van der Waals surface area (Å²) < 4.78 is 23.2. The van der Waals surface area contributed by atoms with E-state index in [1.54, 1.807) is 12.1 Å². The first-order valence-corrected chi connectivity index (χ1v) is 10.7. The number of sulfone groups is 1. The Balaban J connectivity index is 1.65. The maximum atomic E-state index is 11.6. The summed E-state index contributed by atoms with van der Waals surface area (Å²) in [6.45, 7) is 3.19. The lowest BCUT2D eigenvalue weighted by molar-refractivity contribution is 0.371. The zero-order chi connectivity index (χ0) is 18.3. The van der Waals surface area contributed by atoms with Crippen LogP contribution in [-0.4, -0.2) is 42.2 Å². The summed E-state index contributed by atoms with van der Waals surface area (Å²) in [5.74, 6) is 1.30. The fourth-order valence-corrected chi connectivity index (χ4v) is 4.16. The summed E-state index contributed by atoms with van der Waals surface area (Å²) in [7, 11) is -3.19. The number of hydrogen-bond donors (Lipinski definition) is 2. The normalized spacial score (nSPS) is 21.2. The van der Waals surface area contributed by atoms with Crippen LogP contribution >= 0.6 is 0 Å². The second-order valence-corrected chi connectivity index (χ2v) is 9.10. The lowest BCUT2D eigenvalue weighted by atomic mass is 9.92. The van der Waals surface area contributed by atoms with E-state index >= 15 is 0 Å². The summed E-state index contributed by atoms with van der Waals surface area (Å²) in [5.41, 5.74) is 3.61. The average Bonchev–Trinajstić information content (AvgIpc) is 3.04. The van der Waals surface area contributed by atoms with Gasteiger partial charge in [0.1, 0.15) is 5.82 Å². The fourth-order valence-electron chi connectivity index (χ4n) is 3.53. The second-order valence-electron chi connectivity index (χ2n) is 7.08. The minimum absolute atomic E-state index is 0.319. The fraction of sp³-hybridized carbons (Fsp3) is 0.368. The molecule has 7 heteroatoms. The summed E-state index contributed by atoms with van der Waals surface area (Å²) in [6, 6.07) is 9.37. The lowest BCUT2D eigenvalue weighted by Crippen LogP contribution is -2.35. The minimum atomic E-state index is -3.19. The highest BCUT2D eigenvalue weighted by atomic mass is 32.2. The Labute approximate surface area is 153 Å². The molecule has 26 heavy (non-hydrogen) atoms. The highest BCUT2D eigenvalue weighted by Crippen LogP contribution is 2.28. The van der Waals surface area contributed by atoms with E-state index in [9.17, 15) is 8.42 Å². The largest absolute Gasteiger partial charge is 0.352 e. The number of rotatable bonds is 3. The van der Waals surface area contributed by atoms with Gasteiger partial charge in [-0.05, 0) is 50.1 Å². The zero-order valence-electron chi connectivity index (χ0n) is 14.9. The van der Waals surface area contributed by atoms with E-state index in [2.05, 4.69) is 22.2 Å². The molecular formula is C19H22N4O2S. The van der Waals surface area contributed by atoms with Gasteiger partial charge in [-0.3, -0.25) is 0 Å². The third kappa shape index (κ3) is 3.37. The van der Waals surface area contributed by atoms with E-state index in [-0.39, 0.29) is 0 Å². The summed E-state index contributed by atoms with van der Waals surface area (Å²) in [5, 5.41) is 3.46. The molecule has 1 aromatic carbocycles. The molecule has 6 nitrogen and oxygen atoms in total. The molecule has 1 aliphatic rings. The summed E-state index contributed by atoms with van der Waals surface area (Å²) in [4.78, 5) is 13.0. The molecule has 3 heterocycles. The molecule has 2 N–H and O–H groups in total. The lowest BCUT2D eigenvalue weighted by Gasteiger charge is -2.26. The number of aromatic nitrogens is 3. The van der Waals surface area contributed by atoms with Crippen LogP contribution in [0.3, 0.4) is 0 Å². The molecular weight excluding hydrogens is 348 g/mol. The molecule has 2 unspecified atom stereocenters. The minimum Gasteiger partial charge on any atom is -0.352 e. The Bertz CT molecular complexity index is 1040. The summed E-state index contributed by atoms with van der Waals surface area (Å²) in [6.07, 6.45) is 5.16.